The summed E-state index contributed by atoms with van der Waals surface area (Å²) < 4.78 is 1.79. The molecule has 4 nitrogen and oxygen atoms in total. The first-order valence-electron chi connectivity index (χ1n) is 7.95. The van der Waals surface area contributed by atoms with Gasteiger partial charge in [-0.3, -0.25) is 0 Å². The number of hydrogen-bond donors (Lipinski definition) is 0. The van der Waals surface area contributed by atoms with Crippen molar-refractivity contribution >= 4 is 17.1 Å². The van der Waals surface area contributed by atoms with Gasteiger partial charge in [0.2, 0.25) is 0 Å². The Labute approximate surface area is 133 Å². The average Bonchev–Trinajstić information content (AvgIpc) is 2.76. The third-order valence-electron chi connectivity index (χ3n) is 3.76. The minimum absolute atomic E-state index is 0.00336. The van der Waals surface area contributed by atoms with E-state index in [0.29, 0.717) is 0 Å². The summed E-state index contributed by atoms with van der Waals surface area (Å²) in [5, 5.41) is 0. The van der Waals surface area contributed by atoms with Crippen LogP contribution in [0.1, 0.15) is 54.3 Å². The maximum Gasteiger partial charge on any atom is 0.330 e. The molecule has 2 aromatic rings. The molecule has 120 valence electrons. The van der Waals surface area contributed by atoms with Crippen LogP contribution in [0.3, 0.4) is 0 Å². The Balaban J connectivity index is 2.69. The summed E-state index contributed by atoms with van der Waals surface area (Å²) >= 11 is 0. The van der Waals surface area contributed by atoms with Gasteiger partial charge in [0.1, 0.15) is 5.82 Å². The number of nitrogens with zero attached hydrogens (tertiary/aromatic N) is 3. The molecule has 0 N–H and O–H groups in total. The zero-order valence-electron chi connectivity index (χ0n) is 14.7. The summed E-state index contributed by atoms with van der Waals surface area (Å²) in [6.07, 6.45) is 0. The summed E-state index contributed by atoms with van der Waals surface area (Å²) in [5.41, 5.74) is 1.55. The summed E-state index contributed by atoms with van der Waals surface area (Å²) in [5.74, 6) is 0.810. The first-order chi connectivity index (χ1) is 10.1. The molecule has 0 saturated carbocycles. The van der Waals surface area contributed by atoms with Crippen LogP contribution < -0.4 is 0 Å². The number of aromatic nitrogens is 2. The van der Waals surface area contributed by atoms with Gasteiger partial charge in [-0.1, -0.05) is 32.9 Å². The number of carbonyl (C=O) groups excluding carboxylic acids is 1. The van der Waals surface area contributed by atoms with Crippen LogP contribution in [-0.4, -0.2) is 32.6 Å². The van der Waals surface area contributed by atoms with Crippen LogP contribution in [0.25, 0.3) is 11.0 Å². The third-order valence-corrected chi connectivity index (χ3v) is 3.76. The van der Waals surface area contributed by atoms with E-state index in [0.717, 1.165) is 16.9 Å². The number of hydrogen-bond acceptors (Lipinski definition) is 2. The van der Waals surface area contributed by atoms with Crippen molar-refractivity contribution in [2.24, 2.45) is 0 Å². The lowest BCUT2D eigenvalue weighted by atomic mass is 9.95. The predicted octanol–water partition coefficient (Wildman–Crippen LogP) is 4.42. The zero-order chi connectivity index (χ0) is 16.7. The van der Waals surface area contributed by atoms with Crippen LogP contribution in [0.5, 0.6) is 0 Å². The first kappa shape index (κ1) is 16.5. The Hall–Kier alpha value is -1.84. The number of fused-ring (bicyclic) bond motifs is 1. The van der Waals surface area contributed by atoms with Gasteiger partial charge < -0.3 is 4.90 Å². The molecule has 1 aromatic carbocycles. The molecule has 1 heterocycles. The van der Waals surface area contributed by atoms with Gasteiger partial charge in [0.25, 0.3) is 0 Å². The summed E-state index contributed by atoms with van der Waals surface area (Å²) in [6.45, 7) is 14.5. The Morgan fingerprint density at radius 3 is 2.14 bits per heavy atom. The molecular weight excluding hydrogens is 274 g/mol. The van der Waals surface area contributed by atoms with Crippen LogP contribution in [-0.2, 0) is 5.41 Å². The maximum atomic E-state index is 13.2. The molecule has 0 unspecified atom stereocenters. The SMILES string of the molecule is CC(C)N(C(=O)n1c(C(C)(C)C)nc2ccccc21)C(C)C. The quantitative estimate of drug-likeness (QED) is 0.823. The molecule has 22 heavy (non-hydrogen) atoms. The number of benzene rings is 1. The van der Waals surface area contributed by atoms with Crippen LogP contribution in [0, 0.1) is 0 Å². The van der Waals surface area contributed by atoms with Gasteiger partial charge >= 0.3 is 6.03 Å². The molecule has 0 fully saturated rings. The Morgan fingerprint density at radius 1 is 1.09 bits per heavy atom. The Kier molecular flexibility index (Phi) is 4.32. The van der Waals surface area contributed by atoms with Gasteiger partial charge in [-0.15, -0.1) is 0 Å². The standard InChI is InChI=1S/C18H27N3O/c1-12(2)20(13(3)4)17(22)21-15-11-9-8-10-14(15)19-16(21)18(5,6)7/h8-13H,1-7H3. The first-order valence-corrected chi connectivity index (χ1v) is 7.95. The average molecular weight is 301 g/mol. The van der Waals surface area contributed by atoms with E-state index in [4.69, 9.17) is 4.98 Å². The molecular formula is C18H27N3O. The van der Waals surface area contributed by atoms with E-state index < -0.39 is 0 Å². The van der Waals surface area contributed by atoms with Crippen LogP contribution in [0.2, 0.25) is 0 Å². The molecule has 4 heteroatoms. The number of para-hydroxylation sites is 2. The fraction of sp³-hybridized carbons (Fsp3) is 0.556. The van der Waals surface area contributed by atoms with Gasteiger partial charge in [-0.05, 0) is 39.8 Å². The van der Waals surface area contributed by atoms with Crippen molar-refractivity contribution in [2.75, 3.05) is 0 Å². The molecule has 0 spiro atoms. The molecule has 0 atom stereocenters. The van der Waals surface area contributed by atoms with Gasteiger partial charge in [0.05, 0.1) is 11.0 Å². The molecule has 0 radical (unpaired) electrons. The second-order valence-electron chi connectivity index (χ2n) is 7.39. The lowest BCUT2D eigenvalue weighted by Gasteiger charge is -2.32. The highest BCUT2D eigenvalue weighted by Crippen LogP contribution is 2.27. The summed E-state index contributed by atoms with van der Waals surface area (Å²) in [7, 11) is 0. The fourth-order valence-corrected chi connectivity index (χ4v) is 2.88. The molecule has 1 amide bonds. The second-order valence-corrected chi connectivity index (χ2v) is 7.39. The smallest absolute Gasteiger partial charge is 0.319 e. The monoisotopic (exact) mass is 301 g/mol. The third kappa shape index (κ3) is 2.87. The van der Waals surface area contributed by atoms with E-state index in [2.05, 4.69) is 20.8 Å². The molecule has 1 aromatic heterocycles. The Morgan fingerprint density at radius 2 is 1.64 bits per heavy atom. The second kappa shape index (κ2) is 5.75. The minimum Gasteiger partial charge on any atom is -0.319 e. The highest BCUT2D eigenvalue weighted by Gasteiger charge is 2.30. The van der Waals surface area contributed by atoms with Crippen molar-refractivity contribution in [1.29, 1.82) is 0 Å². The lowest BCUT2D eigenvalue weighted by molar-refractivity contribution is 0.166. The van der Waals surface area contributed by atoms with Gasteiger partial charge in [0.15, 0.2) is 0 Å². The summed E-state index contributed by atoms with van der Waals surface area (Å²) in [6, 6.07) is 8.12. The van der Waals surface area contributed by atoms with Crippen molar-refractivity contribution in [3.8, 4) is 0 Å². The van der Waals surface area contributed by atoms with E-state index in [1.165, 1.54) is 0 Å². The van der Waals surface area contributed by atoms with Gasteiger partial charge in [-0.2, -0.15) is 0 Å². The van der Waals surface area contributed by atoms with E-state index in [1.54, 1.807) is 4.57 Å². The highest BCUT2D eigenvalue weighted by atomic mass is 16.2. The highest BCUT2D eigenvalue weighted by molar-refractivity contribution is 5.90. The van der Waals surface area contributed by atoms with Crippen molar-refractivity contribution in [3.63, 3.8) is 0 Å². The van der Waals surface area contributed by atoms with Crippen LogP contribution in [0.4, 0.5) is 4.79 Å². The lowest BCUT2D eigenvalue weighted by Crippen LogP contribution is -2.45. The number of rotatable bonds is 2. The fourth-order valence-electron chi connectivity index (χ4n) is 2.88. The molecule has 0 aliphatic rings. The van der Waals surface area contributed by atoms with Gasteiger partial charge in [0, 0.05) is 17.5 Å². The maximum absolute atomic E-state index is 13.2. The molecule has 0 aliphatic heterocycles. The van der Waals surface area contributed by atoms with E-state index >= 15 is 0 Å². The van der Waals surface area contributed by atoms with E-state index in [1.807, 2.05) is 56.9 Å². The molecule has 0 saturated heterocycles. The zero-order valence-corrected chi connectivity index (χ0v) is 14.7. The van der Waals surface area contributed by atoms with Crippen LogP contribution >= 0.6 is 0 Å². The number of imidazole rings is 1. The molecule has 0 aliphatic carbocycles. The topological polar surface area (TPSA) is 38.1 Å². The molecule has 2 rings (SSSR count). The van der Waals surface area contributed by atoms with Crippen molar-refractivity contribution in [2.45, 2.75) is 66.0 Å². The van der Waals surface area contributed by atoms with Crippen LogP contribution in [0.15, 0.2) is 24.3 Å². The molecule has 0 bridgehead atoms. The minimum atomic E-state index is -0.200. The Bertz CT molecular complexity index is 669. The number of amides is 1. The largest absolute Gasteiger partial charge is 0.330 e. The predicted molar refractivity (Wildman–Crippen MR) is 91.3 cm³/mol. The summed E-state index contributed by atoms with van der Waals surface area (Å²) in [4.78, 5) is 19.8. The van der Waals surface area contributed by atoms with Crippen molar-refractivity contribution < 1.29 is 4.79 Å². The van der Waals surface area contributed by atoms with Crippen molar-refractivity contribution in [3.05, 3.63) is 30.1 Å². The number of carbonyl (C=O) groups is 1. The van der Waals surface area contributed by atoms with Crippen molar-refractivity contribution in [1.82, 2.24) is 14.5 Å². The van der Waals surface area contributed by atoms with E-state index in [-0.39, 0.29) is 23.5 Å². The van der Waals surface area contributed by atoms with E-state index in [9.17, 15) is 4.79 Å². The normalized spacial score (nSPS) is 12.4. The van der Waals surface area contributed by atoms with Gasteiger partial charge in [-0.25, -0.2) is 14.3 Å².